The van der Waals surface area contributed by atoms with Gasteiger partial charge in [0, 0.05) is 26.8 Å². The molecule has 0 atom stereocenters. The molecular formula is C15H23F3N4O. The normalized spacial score (nSPS) is 12.2. The van der Waals surface area contributed by atoms with Crippen LogP contribution < -0.4 is 10.1 Å². The molecule has 23 heavy (non-hydrogen) atoms. The maximum atomic E-state index is 12.8. The van der Waals surface area contributed by atoms with Crippen molar-refractivity contribution in [3.63, 3.8) is 0 Å². The van der Waals surface area contributed by atoms with Gasteiger partial charge < -0.3 is 15.0 Å². The highest BCUT2D eigenvalue weighted by molar-refractivity contribution is 5.79. The van der Waals surface area contributed by atoms with Gasteiger partial charge in [0.15, 0.2) is 5.96 Å². The number of aliphatic imine (C=N–C) groups is 1. The van der Waals surface area contributed by atoms with Crippen molar-refractivity contribution in [2.24, 2.45) is 4.99 Å². The largest absolute Gasteiger partial charge is 0.475 e. The fourth-order valence-corrected chi connectivity index (χ4v) is 1.92. The molecule has 5 nitrogen and oxygen atoms in total. The van der Waals surface area contributed by atoms with E-state index in [1.807, 2.05) is 11.9 Å². The third-order valence-electron chi connectivity index (χ3n) is 3.12. The summed E-state index contributed by atoms with van der Waals surface area (Å²) < 4.78 is 43.6. The lowest BCUT2D eigenvalue weighted by atomic mass is 10.2. The lowest BCUT2D eigenvalue weighted by Gasteiger charge is -2.22. The first kappa shape index (κ1) is 19.1. The van der Waals surface area contributed by atoms with Gasteiger partial charge in [-0.25, -0.2) is 4.98 Å². The molecule has 0 aliphatic carbocycles. The van der Waals surface area contributed by atoms with Gasteiger partial charge in [0.25, 0.3) is 0 Å². The van der Waals surface area contributed by atoms with E-state index in [9.17, 15) is 13.2 Å². The molecule has 0 radical (unpaired) electrons. The maximum absolute atomic E-state index is 12.8. The van der Waals surface area contributed by atoms with Crippen molar-refractivity contribution in [3.05, 3.63) is 23.9 Å². The van der Waals surface area contributed by atoms with Gasteiger partial charge in [0.1, 0.15) is 12.2 Å². The summed E-state index contributed by atoms with van der Waals surface area (Å²) in [5.74, 6) is 0.273. The maximum Gasteiger partial charge on any atom is 0.421 e. The average molecular weight is 332 g/mol. The van der Waals surface area contributed by atoms with Crippen LogP contribution in [0.25, 0.3) is 0 Å². The Morgan fingerprint density at radius 3 is 2.78 bits per heavy atom. The van der Waals surface area contributed by atoms with Gasteiger partial charge in [0.2, 0.25) is 5.88 Å². The Kier molecular flexibility index (Phi) is 7.64. The number of halogens is 3. The van der Waals surface area contributed by atoms with Gasteiger partial charge in [-0.15, -0.1) is 0 Å². The molecule has 0 amide bonds. The van der Waals surface area contributed by atoms with Gasteiger partial charge in [-0.2, -0.15) is 13.2 Å². The van der Waals surface area contributed by atoms with E-state index in [4.69, 9.17) is 4.74 Å². The molecule has 0 unspecified atom stereocenters. The fraction of sp³-hybridized carbons (Fsp3) is 0.600. The summed E-state index contributed by atoms with van der Waals surface area (Å²) in [4.78, 5) is 9.73. The molecular weight excluding hydrogens is 309 g/mol. The molecule has 0 aliphatic rings. The lowest BCUT2D eigenvalue weighted by Crippen LogP contribution is -2.41. The van der Waals surface area contributed by atoms with Gasteiger partial charge in [-0.05, 0) is 18.6 Å². The number of nitrogens with zero attached hydrogens (tertiary/aromatic N) is 3. The van der Waals surface area contributed by atoms with Crippen LogP contribution in [-0.4, -0.2) is 49.6 Å². The number of aromatic nitrogens is 1. The highest BCUT2D eigenvalue weighted by Gasteiger charge is 2.34. The highest BCUT2D eigenvalue weighted by atomic mass is 19.4. The topological polar surface area (TPSA) is 49.8 Å². The van der Waals surface area contributed by atoms with Crippen molar-refractivity contribution in [2.75, 3.05) is 33.8 Å². The molecule has 1 aromatic rings. The minimum atomic E-state index is -4.48. The van der Waals surface area contributed by atoms with E-state index in [-0.39, 0.29) is 6.61 Å². The summed E-state index contributed by atoms with van der Waals surface area (Å²) in [7, 11) is 3.57. The molecule has 1 aromatic heterocycles. The van der Waals surface area contributed by atoms with Crippen LogP contribution in [0.5, 0.6) is 5.88 Å². The van der Waals surface area contributed by atoms with Crippen LogP contribution in [0, 0.1) is 0 Å². The summed E-state index contributed by atoms with van der Waals surface area (Å²) >= 11 is 0. The van der Waals surface area contributed by atoms with Crippen LogP contribution in [0.3, 0.4) is 0 Å². The number of ether oxygens (including phenoxy) is 1. The predicted octanol–water partition coefficient (Wildman–Crippen LogP) is 2.79. The summed E-state index contributed by atoms with van der Waals surface area (Å²) in [6, 6.07) is 2.19. The third kappa shape index (κ3) is 6.33. The van der Waals surface area contributed by atoms with Crippen molar-refractivity contribution in [3.8, 4) is 5.88 Å². The van der Waals surface area contributed by atoms with E-state index in [0.717, 1.165) is 25.5 Å². The van der Waals surface area contributed by atoms with E-state index >= 15 is 0 Å². The zero-order valence-corrected chi connectivity index (χ0v) is 13.7. The SMILES string of the molecule is CCCCN(C)C(=NC)NCCOc1ncccc1C(F)(F)F. The van der Waals surface area contributed by atoms with Gasteiger partial charge in [-0.1, -0.05) is 13.3 Å². The summed E-state index contributed by atoms with van der Waals surface area (Å²) in [5.41, 5.74) is -0.871. The first-order valence-electron chi connectivity index (χ1n) is 7.47. The summed E-state index contributed by atoms with van der Waals surface area (Å²) in [6.07, 6.45) is -1.09. The number of hydrogen-bond acceptors (Lipinski definition) is 3. The Hall–Kier alpha value is -1.99. The Morgan fingerprint density at radius 2 is 2.17 bits per heavy atom. The van der Waals surface area contributed by atoms with Crippen molar-refractivity contribution in [1.82, 2.24) is 15.2 Å². The number of rotatable bonds is 7. The van der Waals surface area contributed by atoms with Crippen LogP contribution in [0.4, 0.5) is 13.2 Å². The summed E-state index contributed by atoms with van der Waals surface area (Å²) in [5, 5.41) is 3.05. The molecule has 1 rings (SSSR count). The predicted molar refractivity (Wildman–Crippen MR) is 83.6 cm³/mol. The Labute approximate surface area is 134 Å². The molecule has 0 bridgehead atoms. The zero-order chi connectivity index (χ0) is 17.3. The number of nitrogens with one attached hydrogen (secondary N) is 1. The van der Waals surface area contributed by atoms with E-state index < -0.39 is 17.6 Å². The molecule has 1 heterocycles. The lowest BCUT2D eigenvalue weighted by molar-refractivity contribution is -0.139. The van der Waals surface area contributed by atoms with Gasteiger partial charge >= 0.3 is 6.18 Å². The smallest absolute Gasteiger partial charge is 0.421 e. The van der Waals surface area contributed by atoms with Crippen LogP contribution in [0.2, 0.25) is 0 Å². The monoisotopic (exact) mass is 332 g/mol. The Balaban J connectivity index is 2.49. The van der Waals surface area contributed by atoms with Crippen LogP contribution in [-0.2, 0) is 6.18 Å². The number of guanidine groups is 1. The molecule has 0 aromatic carbocycles. The minimum absolute atomic E-state index is 0.0563. The highest BCUT2D eigenvalue weighted by Crippen LogP contribution is 2.34. The van der Waals surface area contributed by atoms with Gasteiger partial charge in [0.05, 0.1) is 6.54 Å². The van der Waals surface area contributed by atoms with E-state index in [1.165, 1.54) is 12.3 Å². The van der Waals surface area contributed by atoms with Crippen LogP contribution in [0.15, 0.2) is 23.3 Å². The molecule has 1 N–H and O–H groups in total. The molecule has 0 aliphatic heterocycles. The first-order valence-corrected chi connectivity index (χ1v) is 7.47. The number of hydrogen-bond donors (Lipinski definition) is 1. The zero-order valence-electron chi connectivity index (χ0n) is 13.7. The van der Waals surface area contributed by atoms with Gasteiger partial charge in [-0.3, -0.25) is 4.99 Å². The van der Waals surface area contributed by atoms with Crippen molar-refractivity contribution < 1.29 is 17.9 Å². The fourth-order valence-electron chi connectivity index (χ4n) is 1.92. The second-order valence-electron chi connectivity index (χ2n) is 4.95. The van der Waals surface area contributed by atoms with E-state index in [2.05, 4.69) is 22.2 Å². The molecule has 8 heteroatoms. The molecule has 130 valence electrons. The number of alkyl halides is 3. The second-order valence-corrected chi connectivity index (χ2v) is 4.95. The molecule has 0 fully saturated rings. The average Bonchev–Trinajstić information content (AvgIpc) is 2.52. The number of pyridine rings is 1. The van der Waals surface area contributed by atoms with Crippen molar-refractivity contribution >= 4 is 5.96 Å². The minimum Gasteiger partial charge on any atom is -0.475 e. The molecule has 0 spiro atoms. The number of unbranched alkanes of at least 4 members (excludes halogenated alkanes) is 1. The third-order valence-corrected chi connectivity index (χ3v) is 3.12. The Morgan fingerprint density at radius 1 is 1.43 bits per heavy atom. The molecule has 0 saturated carbocycles. The van der Waals surface area contributed by atoms with E-state index in [1.54, 1.807) is 7.05 Å². The van der Waals surface area contributed by atoms with Crippen LogP contribution in [0.1, 0.15) is 25.3 Å². The second kappa shape index (κ2) is 9.22. The van der Waals surface area contributed by atoms with Crippen molar-refractivity contribution in [1.29, 1.82) is 0 Å². The van der Waals surface area contributed by atoms with Crippen molar-refractivity contribution in [2.45, 2.75) is 25.9 Å². The molecule has 0 saturated heterocycles. The summed E-state index contributed by atoms with van der Waals surface area (Å²) in [6.45, 7) is 3.34. The standard InChI is InChI=1S/C15H23F3N4O/c1-4-5-10-22(3)14(19-2)21-9-11-23-13-12(15(16,17)18)7-6-8-20-13/h6-8H,4-5,9-11H2,1-3H3,(H,19,21). The Bertz CT molecular complexity index is 506. The quantitative estimate of drug-likeness (QED) is 0.474. The first-order chi connectivity index (χ1) is 10.9. The van der Waals surface area contributed by atoms with Crippen LogP contribution >= 0.6 is 0 Å². The van der Waals surface area contributed by atoms with E-state index in [0.29, 0.717) is 12.5 Å².